The van der Waals surface area contributed by atoms with Gasteiger partial charge in [0.05, 0.1) is 6.10 Å². The lowest BCUT2D eigenvalue weighted by Crippen LogP contribution is -2.27. The normalized spacial score (nSPS) is 27.2. The molecule has 1 saturated carbocycles. The summed E-state index contributed by atoms with van der Waals surface area (Å²) in [7, 11) is 0. The Morgan fingerprint density at radius 2 is 1.64 bits per heavy atom. The number of phenolic OH excluding ortho intramolecular Hbond substituents is 1. The molecule has 132 valence electrons. The molecule has 4 atom stereocenters. The van der Waals surface area contributed by atoms with E-state index in [1.807, 2.05) is 42.5 Å². The van der Waals surface area contributed by atoms with E-state index in [9.17, 15) is 5.11 Å². The van der Waals surface area contributed by atoms with Gasteiger partial charge in [-0.1, -0.05) is 30.3 Å². The summed E-state index contributed by atoms with van der Waals surface area (Å²) >= 11 is 4.77. The molecule has 1 aliphatic heterocycles. The van der Waals surface area contributed by atoms with Gasteiger partial charge in [-0.25, -0.2) is 0 Å². The molecule has 0 amide bonds. The lowest BCUT2D eigenvalue weighted by Gasteiger charge is -2.23. The number of thiol groups is 1. The van der Waals surface area contributed by atoms with E-state index in [1.54, 1.807) is 12.1 Å². The molecule has 0 aromatic heterocycles. The molecule has 2 aromatic rings. The first-order chi connectivity index (χ1) is 12.2. The molecule has 4 rings (SSSR count). The minimum atomic E-state index is 0.191. The van der Waals surface area contributed by atoms with Gasteiger partial charge in [0.2, 0.25) is 0 Å². The number of aromatic hydroxyl groups is 1. The van der Waals surface area contributed by atoms with Crippen molar-refractivity contribution in [3.63, 3.8) is 0 Å². The minimum Gasteiger partial charge on any atom is -0.508 e. The lowest BCUT2D eigenvalue weighted by molar-refractivity contribution is 0.186. The Kier molecular flexibility index (Phi) is 4.91. The molecular formula is C21H25NO2S. The van der Waals surface area contributed by atoms with Crippen molar-refractivity contribution < 1.29 is 9.84 Å². The third kappa shape index (κ3) is 3.96. The lowest BCUT2D eigenvalue weighted by atomic mass is 10.0. The van der Waals surface area contributed by atoms with Crippen LogP contribution in [0.5, 0.6) is 11.5 Å². The molecule has 0 bridgehead atoms. The third-order valence-corrected chi connectivity index (χ3v) is 6.00. The van der Waals surface area contributed by atoms with E-state index in [0.717, 1.165) is 50.1 Å². The monoisotopic (exact) mass is 355 g/mol. The summed E-state index contributed by atoms with van der Waals surface area (Å²) < 4.78 is 6.15. The topological polar surface area (TPSA) is 32.7 Å². The summed E-state index contributed by atoms with van der Waals surface area (Å²) in [6.07, 6.45) is 2.68. The summed E-state index contributed by atoms with van der Waals surface area (Å²) in [6, 6.07) is 17.6. The van der Waals surface area contributed by atoms with Crippen LogP contribution in [0.3, 0.4) is 0 Å². The number of ether oxygens (including phenoxy) is 1. The number of hydrogen-bond acceptors (Lipinski definition) is 4. The number of fused-ring (bicyclic) bond motifs is 1. The zero-order valence-electron chi connectivity index (χ0n) is 14.3. The van der Waals surface area contributed by atoms with Gasteiger partial charge in [0.1, 0.15) is 11.5 Å². The maximum Gasteiger partial charge on any atom is 0.119 e. The van der Waals surface area contributed by atoms with E-state index in [1.165, 1.54) is 5.56 Å². The fraction of sp³-hybridized carbons (Fsp3) is 0.429. The summed E-state index contributed by atoms with van der Waals surface area (Å²) in [5, 5.41) is 9.61. The molecule has 1 N–H and O–H groups in total. The number of phenols is 1. The largest absolute Gasteiger partial charge is 0.508 e. The van der Waals surface area contributed by atoms with Crippen LogP contribution in [0.2, 0.25) is 0 Å². The van der Waals surface area contributed by atoms with Gasteiger partial charge in [0.25, 0.3) is 0 Å². The van der Waals surface area contributed by atoms with Crippen molar-refractivity contribution in [3.05, 3.63) is 60.2 Å². The molecule has 2 aromatic carbocycles. The Hall–Kier alpha value is -1.65. The highest BCUT2D eigenvalue weighted by Gasteiger charge is 2.42. The highest BCUT2D eigenvalue weighted by molar-refractivity contribution is 7.80. The Labute approximate surface area is 155 Å². The van der Waals surface area contributed by atoms with E-state index >= 15 is 0 Å². The maximum atomic E-state index is 9.41. The second kappa shape index (κ2) is 7.30. The molecule has 0 spiro atoms. The predicted molar refractivity (Wildman–Crippen MR) is 103 cm³/mol. The second-order valence-electron chi connectivity index (χ2n) is 7.37. The van der Waals surface area contributed by atoms with Gasteiger partial charge < -0.3 is 14.7 Å². The van der Waals surface area contributed by atoms with Crippen molar-refractivity contribution in [2.75, 3.05) is 19.6 Å². The molecule has 1 aliphatic carbocycles. The first-order valence-electron chi connectivity index (χ1n) is 9.08. The predicted octanol–water partition coefficient (Wildman–Crippen LogP) is 4.15. The van der Waals surface area contributed by atoms with Crippen LogP contribution in [0.15, 0.2) is 54.6 Å². The van der Waals surface area contributed by atoms with Crippen LogP contribution in [0.4, 0.5) is 0 Å². The Morgan fingerprint density at radius 3 is 2.28 bits per heavy atom. The van der Waals surface area contributed by atoms with E-state index in [-0.39, 0.29) is 5.25 Å². The average molecular weight is 356 g/mol. The van der Waals surface area contributed by atoms with Crippen LogP contribution >= 0.6 is 12.6 Å². The van der Waals surface area contributed by atoms with Crippen molar-refractivity contribution >= 4 is 12.6 Å². The van der Waals surface area contributed by atoms with Crippen LogP contribution in [0.1, 0.15) is 23.7 Å². The van der Waals surface area contributed by atoms with Gasteiger partial charge in [0, 0.05) is 24.9 Å². The number of benzene rings is 2. The van der Waals surface area contributed by atoms with Crippen LogP contribution in [0, 0.1) is 11.8 Å². The van der Waals surface area contributed by atoms with Crippen molar-refractivity contribution in [1.82, 2.24) is 4.90 Å². The molecule has 2 fully saturated rings. The molecule has 1 unspecified atom stereocenters. The molecule has 1 heterocycles. The fourth-order valence-corrected chi connectivity index (χ4v) is 4.73. The fourth-order valence-electron chi connectivity index (χ4n) is 4.32. The Morgan fingerprint density at radius 1 is 1.00 bits per heavy atom. The van der Waals surface area contributed by atoms with E-state index < -0.39 is 0 Å². The standard InChI is InChI=1S/C21H25NO2S/c23-18-8-6-15(7-9-18)21(25)14-22-12-16-10-20(11-17(16)13-22)24-19-4-2-1-3-5-19/h1-9,16-17,20-21,23,25H,10-14H2/t16-,17+,20?,21-/m0/s1. The first kappa shape index (κ1) is 16.8. The number of likely N-dealkylation sites (tertiary alicyclic amines) is 1. The molecule has 3 nitrogen and oxygen atoms in total. The highest BCUT2D eigenvalue weighted by atomic mass is 32.1. The zero-order chi connectivity index (χ0) is 17.2. The first-order valence-corrected chi connectivity index (χ1v) is 9.60. The number of para-hydroxylation sites is 1. The van der Waals surface area contributed by atoms with Gasteiger partial charge >= 0.3 is 0 Å². The third-order valence-electron chi connectivity index (χ3n) is 5.54. The summed E-state index contributed by atoms with van der Waals surface area (Å²) in [5.41, 5.74) is 1.17. The molecule has 2 aliphatic rings. The number of hydrogen-bond donors (Lipinski definition) is 2. The van der Waals surface area contributed by atoms with Crippen molar-refractivity contribution in [3.8, 4) is 11.5 Å². The molecule has 0 radical (unpaired) electrons. The van der Waals surface area contributed by atoms with E-state index in [4.69, 9.17) is 17.4 Å². The van der Waals surface area contributed by atoms with Gasteiger partial charge in [0.15, 0.2) is 0 Å². The highest BCUT2D eigenvalue weighted by Crippen LogP contribution is 2.40. The van der Waals surface area contributed by atoms with E-state index in [2.05, 4.69) is 4.90 Å². The smallest absolute Gasteiger partial charge is 0.119 e. The minimum absolute atomic E-state index is 0.191. The molecule has 1 saturated heterocycles. The van der Waals surface area contributed by atoms with Crippen LogP contribution in [0.25, 0.3) is 0 Å². The maximum absolute atomic E-state index is 9.41. The van der Waals surface area contributed by atoms with Gasteiger partial charge in [-0.05, 0) is 54.5 Å². The van der Waals surface area contributed by atoms with Crippen LogP contribution < -0.4 is 4.74 Å². The SMILES string of the molecule is Oc1ccc([C@@H](S)CN2C[C@H]3CC(Oc4ccccc4)C[C@H]3C2)cc1. The summed E-state index contributed by atoms with van der Waals surface area (Å²) in [6.45, 7) is 3.26. The molecule has 4 heteroatoms. The molecular weight excluding hydrogens is 330 g/mol. The molecule has 25 heavy (non-hydrogen) atoms. The quantitative estimate of drug-likeness (QED) is 0.790. The van der Waals surface area contributed by atoms with E-state index in [0.29, 0.717) is 11.9 Å². The van der Waals surface area contributed by atoms with Gasteiger partial charge in [-0.3, -0.25) is 0 Å². The van der Waals surface area contributed by atoms with Gasteiger partial charge in [-0.15, -0.1) is 0 Å². The van der Waals surface area contributed by atoms with Crippen molar-refractivity contribution in [2.45, 2.75) is 24.2 Å². The number of nitrogens with zero attached hydrogens (tertiary/aromatic N) is 1. The number of rotatable bonds is 5. The summed E-state index contributed by atoms with van der Waals surface area (Å²) in [4.78, 5) is 2.54. The van der Waals surface area contributed by atoms with Crippen LogP contribution in [-0.4, -0.2) is 35.7 Å². The summed E-state index contributed by atoms with van der Waals surface area (Å²) in [5.74, 6) is 2.79. The van der Waals surface area contributed by atoms with Gasteiger partial charge in [-0.2, -0.15) is 12.6 Å². The average Bonchev–Trinajstić information content (AvgIpc) is 3.14. The second-order valence-corrected chi connectivity index (χ2v) is 7.99. The van der Waals surface area contributed by atoms with Crippen molar-refractivity contribution in [2.24, 2.45) is 11.8 Å². The Balaban J connectivity index is 1.28. The zero-order valence-corrected chi connectivity index (χ0v) is 15.2. The van der Waals surface area contributed by atoms with Crippen molar-refractivity contribution in [1.29, 1.82) is 0 Å². The van der Waals surface area contributed by atoms with Crippen LogP contribution in [-0.2, 0) is 0 Å². The Bertz CT molecular complexity index is 677.